The number of ether oxygens (including phenoxy) is 1. The third-order valence-corrected chi connectivity index (χ3v) is 3.00. The topological polar surface area (TPSA) is 82.0 Å². The van der Waals surface area contributed by atoms with Crippen LogP contribution in [0, 0.1) is 5.41 Å². The number of carbonyl (C=O) groups excluding carboxylic acids is 1. The maximum atomic E-state index is 11.5. The van der Waals surface area contributed by atoms with Crippen molar-refractivity contribution in [2.75, 3.05) is 25.0 Å². The molecule has 1 saturated heterocycles. The number of carbonyl (C=O) groups is 1. The van der Waals surface area contributed by atoms with Crippen LogP contribution in [-0.2, 0) is 9.53 Å². The van der Waals surface area contributed by atoms with E-state index in [4.69, 9.17) is 14.2 Å². The van der Waals surface area contributed by atoms with Crippen LogP contribution in [0.25, 0.3) is 0 Å². The fraction of sp³-hybridized carbons (Fsp3) is 0.909. The molecule has 1 atom stereocenters. The van der Waals surface area contributed by atoms with Gasteiger partial charge in [0.05, 0.1) is 23.0 Å². The van der Waals surface area contributed by atoms with Crippen molar-refractivity contribution in [3.63, 3.8) is 0 Å². The molecule has 8 nitrogen and oxygen atoms in total. The van der Waals surface area contributed by atoms with Crippen LogP contribution >= 0.6 is 0 Å². The minimum atomic E-state index is -0.556. The van der Waals surface area contributed by atoms with E-state index in [1.54, 1.807) is 20.8 Å². The highest BCUT2D eigenvalue weighted by Gasteiger charge is 2.32. The maximum absolute atomic E-state index is 11.5. The summed E-state index contributed by atoms with van der Waals surface area (Å²) in [4.78, 5) is 18.0. The largest absolute Gasteiger partial charge is 0.425 e. The Kier molecular flexibility index (Phi) is 3.79. The molecule has 8 heteroatoms. The zero-order valence-corrected chi connectivity index (χ0v) is 11.5. The zero-order chi connectivity index (χ0) is 14.0. The summed E-state index contributed by atoms with van der Waals surface area (Å²) in [7, 11) is 0. The molecule has 1 aliphatic heterocycles. The lowest BCUT2D eigenvalue weighted by atomic mass is 9.98. The molecule has 0 aromatic carbocycles. The van der Waals surface area contributed by atoms with Gasteiger partial charge in [-0.05, 0) is 33.6 Å². The number of aliphatic hydroxyl groups is 1. The molecule has 0 amide bonds. The predicted octanol–water partition coefficient (Wildman–Crippen LogP) is -0.0493. The van der Waals surface area contributed by atoms with Crippen molar-refractivity contribution in [2.24, 2.45) is 5.41 Å². The zero-order valence-electron chi connectivity index (χ0n) is 11.5. The highest BCUT2D eigenvalue weighted by atomic mass is 17.0. The molecule has 0 spiro atoms. The minimum absolute atomic E-state index is 0.0470. The van der Waals surface area contributed by atoms with Gasteiger partial charge in [-0.25, -0.2) is 0 Å². The van der Waals surface area contributed by atoms with Gasteiger partial charge in [0.15, 0.2) is 0 Å². The van der Waals surface area contributed by atoms with Gasteiger partial charge >= 0.3 is 5.97 Å². The van der Waals surface area contributed by atoms with E-state index in [1.165, 1.54) is 4.96 Å². The van der Waals surface area contributed by atoms with Gasteiger partial charge in [0.25, 0.3) is 6.79 Å². The molecule has 2 heterocycles. The molecular weight excluding hydrogens is 254 g/mol. The lowest BCUT2D eigenvalue weighted by Gasteiger charge is -2.17. The molecule has 0 aliphatic carbocycles. The first-order valence-corrected chi connectivity index (χ1v) is 6.39. The summed E-state index contributed by atoms with van der Waals surface area (Å²) in [5, 5.41) is 12.2. The molecule has 1 aliphatic rings. The third kappa shape index (κ3) is 3.25. The lowest BCUT2D eigenvalue weighted by Crippen LogP contribution is -2.39. The molecular formula is C11H21N3O5. The van der Waals surface area contributed by atoms with E-state index in [1.807, 2.05) is 5.01 Å². The first-order valence-electron chi connectivity index (χ1n) is 6.39. The molecule has 0 radical (unpaired) electrons. The van der Waals surface area contributed by atoms with Crippen LogP contribution < -0.4 is 9.85 Å². The molecule has 19 heavy (non-hydrogen) atoms. The van der Waals surface area contributed by atoms with Gasteiger partial charge in [-0.3, -0.25) is 9.80 Å². The molecule has 0 saturated carbocycles. The summed E-state index contributed by atoms with van der Waals surface area (Å²) in [6, 6.07) is 0.0470. The SMILES string of the molecule is CC(C)(C)C(=O)OCOn1on1N1CCCC1CO. The number of rotatable bonds is 5. The lowest BCUT2D eigenvalue weighted by molar-refractivity contribution is -0.168. The summed E-state index contributed by atoms with van der Waals surface area (Å²) in [6.45, 7) is 5.98. The monoisotopic (exact) mass is 275 g/mol. The van der Waals surface area contributed by atoms with Crippen molar-refractivity contribution < 1.29 is 24.1 Å². The van der Waals surface area contributed by atoms with Gasteiger partial charge < -0.3 is 14.7 Å². The number of aliphatic hydroxyl groups excluding tert-OH is 1. The predicted molar refractivity (Wildman–Crippen MR) is 64.9 cm³/mol. The molecule has 1 aromatic rings. The van der Waals surface area contributed by atoms with Gasteiger partial charge in [-0.1, -0.05) is 0 Å². The number of hydrogen-bond donors (Lipinski definition) is 1. The molecule has 110 valence electrons. The van der Waals surface area contributed by atoms with E-state index in [9.17, 15) is 9.90 Å². The van der Waals surface area contributed by atoms with Crippen LogP contribution in [0.4, 0.5) is 0 Å². The summed E-state index contributed by atoms with van der Waals surface area (Å²) in [5.74, 6) is -0.338. The second-order valence-corrected chi connectivity index (χ2v) is 5.64. The van der Waals surface area contributed by atoms with Crippen LogP contribution in [0.15, 0.2) is 4.63 Å². The van der Waals surface area contributed by atoms with Crippen molar-refractivity contribution in [3.8, 4) is 0 Å². The van der Waals surface area contributed by atoms with Gasteiger partial charge in [0, 0.05) is 6.54 Å². The molecule has 2 rings (SSSR count). The van der Waals surface area contributed by atoms with Crippen LogP contribution in [0.5, 0.6) is 0 Å². The Morgan fingerprint density at radius 2 is 2.21 bits per heavy atom. The highest BCUT2D eigenvalue weighted by Crippen LogP contribution is 2.17. The van der Waals surface area contributed by atoms with Crippen molar-refractivity contribution in [2.45, 2.75) is 39.7 Å². The van der Waals surface area contributed by atoms with E-state index in [-0.39, 0.29) is 25.4 Å². The molecule has 1 unspecified atom stereocenters. The van der Waals surface area contributed by atoms with Crippen LogP contribution in [-0.4, -0.2) is 47.0 Å². The second-order valence-electron chi connectivity index (χ2n) is 5.64. The Morgan fingerprint density at radius 3 is 2.84 bits per heavy atom. The van der Waals surface area contributed by atoms with Gasteiger partial charge in [-0.15, -0.1) is 0 Å². The molecule has 0 bridgehead atoms. The minimum Gasteiger partial charge on any atom is -0.425 e. The third-order valence-electron chi connectivity index (χ3n) is 3.00. The summed E-state index contributed by atoms with van der Waals surface area (Å²) in [5.41, 5.74) is -0.556. The Labute approximate surface area is 111 Å². The first kappa shape index (κ1) is 13.9. The Balaban J connectivity index is 1.74. The van der Waals surface area contributed by atoms with Gasteiger partial charge in [0.1, 0.15) is 5.02 Å². The smallest absolute Gasteiger partial charge is 0.314 e. The number of hydrogen-bond acceptors (Lipinski definition) is 6. The number of esters is 1. The van der Waals surface area contributed by atoms with E-state index < -0.39 is 5.41 Å². The van der Waals surface area contributed by atoms with E-state index in [2.05, 4.69) is 0 Å². The standard InChI is InChI=1S/C11H21N3O5/c1-11(2,3)10(16)17-8-18-14-13(19-14)12-6-4-5-9(12)7-15/h9,15H,4-8H2,1-3H3. The number of nitrogens with zero attached hydrogens (tertiary/aromatic N) is 3. The van der Waals surface area contributed by atoms with Crippen molar-refractivity contribution in [3.05, 3.63) is 0 Å². The van der Waals surface area contributed by atoms with Gasteiger partial charge in [0.2, 0.25) is 0 Å². The summed E-state index contributed by atoms with van der Waals surface area (Å²) < 4.78 is 10.0. The maximum Gasteiger partial charge on any atom is 0.314 e. The Hall–Kier alpha value is -1.57. The normalized spacial score (nSPS) is 20.0. The van der Waals surface area contributed by atoms with E-state index in [0.29, 0.717) is 0 Å². The van der Waals surface area contributed by atoms with Crippen LogP contribution in [0.1, 0.15) is 33.6 Å². The van der Waals surface area contributed by atoms with Crippen molar-refractivity contribution >= 4 is 5.97 Å². The molecule has 1 N–H and O–H groups in total. The quantitative estimate of drug-likeness (QED) is 0.599. The van der Waals surface area contributed by atoms with Crippen LogP contribution in [0.3, 0.4) is 0 Å². The fourth-order valence-corrected chi connectivity index (χ4v) is 1.83. The highest BCUT2D eigenvalue weighted by molar-refractivity contribution is 5.75. The second kappa shape index (κ2) is 5.20. The average molecular weight is 275 g/mol. The van der Waals surface area contributed by atoms with Crippen LogP contribution in [0.2, 0.25) is 0 Å². The molecule has 1 aromatic heterocycles. The number of aromatic nitrogens is 2. The van der Waals surface area contributed by atoms with Crippen molar-refractivity contribution in [1.82, 2.24) is 9.98 Å². The Morgan fingerprint density at radius 1 is 1.47 bits per heavy atom. The van der Waals surface area contributed by atoms with E-state index in [0.717, 1.165) is 24.4 Å². The van der Waals surface area contributed by atoms with E-state index >= 15 is 0 Å². The fourth-order valence-electron chi connectivity index (χ4n) is 1.83. The molecule has 1 fully saturated rings. The summed E-state index contributed by atoms with van der Waals surface area (Å²) in [6.07, 6.45) is 1.92. The average Bonchev–Trinajstić information content (AvgIpc) is 2.94. The first-order chi connectivity index (χ1) is 8.93. The summed E-state index contributed by atoms with van der Waals surface area (Å²) >= 11 is 0. The van der Waals surface area contributed by atoms with Crippen molar-refractivity contribution in [1.29, 1.82) is 0 Å². The Bertz CT molecular complexity index is 414. The van der Waals surface area contributed by atoms with Gasteiger partial charge in [-0.2, -0.15) is 4.63 Å².